The molecule has 13 atom stereocenters. The third-order valence-corrected chi connectivity index (χ3v) is 14.8. The number of likely N-dealkylation sites (N-methyl/N-ethyl adjacent to an activating group) is 1. The number of hydrogen-bond acceptors (Lipinski definition) is 17. The lowest BCUT2D eigenvalue weighted by Gasteiger charge is -2.50. The van der Waals surface area contributed by atoms with Crippen molar-refractivity contribution in [3.05, 3.63) is 77.4 Å². The van der Waals surface area contributed by atoms with Gasteiger partial charge in [0, 0.05) is 38.1 Å². The molecular weight excluding hydrogens is 911 g/mol. The number of carbonyl (C=O) groups is 4. The van der Waals surface area contributed by atoms with Gasteiger partial charge in [-0.1, -0.05) is 66.7 Å². The summed E-state index contributed by atoms with van der Waals surface area (Å²) in [6, 6.07) is 13.3. The van der Waals surface area contributed by atoms with E-state index in [1.165, 1.54) is 9.96 Å². The molecule has 0 aromatic heterocycles. The minimum absolute atomic E-state index is 0.00611. The Hall–Kier alpha value is -4.38. The van der Waals surface area contributed by atoms with Gasteiger partial charge < -0.3 is 64.2 Å². The second kappa shape index (κ2) is 20.3. The van der Waals surface area contributed by atoms with Crippen molar-refractivity contribution in [1.82, 2.24) is 15.3 Å². The van der Waals surface area contributed by atoms with Crippen molar-refractivity contribution in [3.63, 3.8) is 0 Å². The number of hydrogen-bond donors (Lipinski definition) is 6. The highest BCUT2D eigenvalue weighted by molar-refractivity contribution is 5.96. The molecule has 0 radical (unpaired) electrons. The number of ether oxygens (including phenoxy) is 6. The second-order valence-electron chi connectivity index (χ2n) is 20.9. The fraction of sp³-hybridized carbons (Fsp3) is 0.647. The molecule has 4 heterocycles. The van der Waals surface area contributed by atoms with Crippen molar-refractivity contribution < 1.29 is 78.0 Å². The molecule has 4 saturated heterocycles. The van der Waals surface area contributed by atoms with Crippen LogP contribution in [0.1, 0.15) is 82.4 Å². The van der Waals surface area contributed by atoms with Crippen LogP contribution < -0.4 is 5.32 Å². The molecule has 0 spiro atoms. The maximum Gasteiger partial charge on any atom is 0.327 e. The van der Waals surface area contributed by atoms with Crippen molar-refractivity contribution in [1.29, 1.82) is 0 Å². The number of carbonyl (C=O) groups excluding carboxylic acids is 4. The molecule has 7 aliphatic rings. The number of aliphatic hydroxyl groups excluding tert-OH is 5. The van der Waals surface area contributed by atoms with Crippen LogP contribution in [0.2, 0.25) is 0 Å². The molecule has 2 aromatic rings. The van der Waals surface area contributed by atoms with Gasteiger partial charge in [-0.25, -0.2) is 0 Å². The van der Waals surface area contributed by atoms with Crippen molar-refractivity contribution in [2.24, 2.45) is 17.3 Å². The van der Waals surface area contributed by atoms with Crippen LogP contribution in [0.3, 0.4) is 0 Å². The lowest BCUT2D eigenvalue weighted by molar-refractivity contribution is -0.298. The quantitative estimate of drug-likeness (QED) is 0.109. The van der Waals surface area contributed by atoms with Crippen LogP contribution in [-0.2, 0) is 65.4 Å². The Bertz CT molecular complexity index is 2240. The van der Waals surface area contributed by atoms with Gasteiger partial charge in [0.25, 0.3) is 0 Å². The molecule has 2 aromatic carbocycles. The average molecular weight is 978 g/mol. The lowest BCUT2D eigenvalue weighted by Crippen LogP contribution is -2.70. The first kappa shape index (κ1) is 50.6. The van der Waals surface area contributed by atoms with Crippen LogP contribution >= 0.6 is 0 Å². The standard InChI is InChI=1S/C51H67N3O16/c1-49(2,3)67-37(57)21-20-33(26-55)52-45(61)34(23-28-11-6-5-7-12-28)53(4)48(63)50-24-35-41-42(69-51(68-41,31-16-17-31)32-18-19-32)44(50)70-54(43(50)46(62)65-35)25-30-14-9-8-13-29(30)15-10-22-64-47-40(60)39(59)38(58)36(27-56)66-47/h5-15,31-36,38-44,47,55-56,58-60H,16-27H2,1-4H3,(H,52,61). The zero-order valence-electron chi connectivity index (χ0n) is 40.0. The Morgan fingerprint density at radius 3 is 2.30 bits per heavy atom. The van der Waals surface area contributed by atoms with Crippen LogP contribution in [0.15, 0.2) is 60.7 Å². The maximum atomic E-state index is 15.9. The van der Waals surface area contributed by atoms with Gasteiger partial charge in [0.1, 0.15) is 65.9 Å². The fourth-order valence-corrected chi connectivity index (χ4v) is 11.1. The van der Waals surface area contributed by atoms with E-state index in [4.69, 9.17) is 33.3 Å². The van der Waals surface area contributed by atoms with Gasteiger partial charge in [-0.15, -0.1) is 0 Å². The average Bonchev–Trinajstić information content (AvgIpc) is 4.29. The molecule has 382 valence electrons. The molecule has 6 N–H and O–H groups in total. The van der Waals surface area contributed by atoms with Gasteiger partial charge in [0.05, 0.1) is 32.4 Å². The first-order chi connectivity index (χ1) is 33.5. The van der Waals surface area contributed by atoms with Gasteiger partial charge in [0.15, 0.2) is 18.1 Å². The normalized spacial score (nSPS) is 33.3. The van der Waals surface area contributed by atoms with E-state index < -0.39 is 127 Å². The number of esters is 2. The number of nitrogens with zero attached hydrogens (tertiary/aromatic N) is 2. The molecule has 7 fully saturated rings. The molecule has 2 amide bonds. The summed E-state index contributed by atoms with van der Waals surface area (Å²) in [4.78, 5) is 66.2. The highest BCUT2D eigenvalue weighted by Crippen LogP contribution is 2.64. The van der Waals surface area contributed by atoms with Crippen LogP contribution in [0.5, 0.6) is 0 Å². The third-order valence-electron chi connectivity index (χ3n) is 14.8. The number of benzene rings is 2. The van der Waals surface area contributed by atoms with Crippen LogP contribution in [0, 0.1) is 17.3 Å². The molecule has 19 nitrogen and oxygen atoms in total. The highest BCUT2D eigenvalue weighted by atomic mass is 16.8. The van der Waals surface area contributed by atoms with E-state index in [1.807, 2.05) is 54.6 Å². The molecule has 9 rings (SSSR count). The zero-order chi connectivity index (χ0) is 49.7. The predicted molar refractivity (Wildman–Crippen MR) is 245 cm³/mol. The molecule has 70 heavy (non-hydrogen) atoms. The molecule has 3 aliphatic carbocycles. The predicted octanol–water partition coefficient (Wildman–Crippen LogP) is 1.29. The SMILES string of the molecule is CN(C(=O)C12CC3OC(=O)C1N(Cc1ccccc1C=CCOC1OC(CO)C(O)C(O)C1O)OC2C1OC(C2CC2)(C2CC2)OC31)C(Cc1ccccc1)C(=O)NC(CO)CCC(=O)OC(C)(C)C. The van der Waals surface area contributed by atoms with Crippen molar-refractivity contribution in [2.75, 3.05) is 26.9 Å². The Balaban J connectivity index is 1.01. The van der Waals surface area contributed by atoms with Crippen molar-refractivity contribution in [2.45, 2.75) is 163 Å². The number of fused-ring (bicyclic) bond motifs is 4. The zero-order valence-corrected chi connectivity index (χ0v) is 40.0. The number of nitrogens with one attached hydrogen (secondary N) is 1. The van der Waals surface area contributed by atoms with Crippen molar-refractivity contribution >= 4 is 29.8 Å². The van der Waals surface area contributed by atoms with E-state index in [-0.39, 0.29) is 50.7 Å². The van der Waals surface area contributed by atoms with Crippen LogP contribution in [0.25, 0.3) is 6.08 Å². The van der Waals surface area contributed by atoms with E-state index in [1.54, 1.807) is 40.0 Å². The Kier molecular flexibility index (Phi) is 14.6. The van der Waals surface area contributed by atoms with Gasteiger partial charge in [-0.05, 0) is 69.6 Å². The van der Waals surface area contributed by atoms with Crippen LogP contribution in [0.4, 0.5) is 0 Å². The third kappa shape index (κ3) is 9.92. The smallest absolute Gasteiger partial charge is 0.327 e. The number of hydroxylamine groups is 2. The monoisotopic (exact) mass is 977 g/mol. The fourth-order valence-electron chi connectivity index (χ4n) is 11.1. The van der Waals surface area contributed by atoms with E-state index in [0.29, 0.717) is 11.1 Å². The van der Waals surface area contributed by atoms with E-state index in [0.717, 1.165) is 31.2 Å². The van der Waals surface area contributed by atoms with Gasteiger partial charge in [0.2, 0.25) is 11.8 Å². The summed E-state index contributed by atoms with van der Waals surface area (Å²) in [5.41, 5.74) is -0.179. The van der Waals surface area contributed by atoms with Gasteiger partial charge in [-0.2, -0.15) is 5.06 Å². The Morgan fingerprint density at radius 1 is 0.943 bits per heavy atom. The molecule has 13 unspecified atom stereocenters. The lowest BCUT2D eigenvalue weighted by atomic mass is 9.62. The molecule has 4 aliphatic heterocycles. The molecule has 3 saturated carbocycles. The Labute approximate surface area is 406 Å². The van der Waals surface area contributed by atoms with Crippen LogP contribution in [-0.4, -0.2) is 171 Å². The summed E-state index contributed by atoms with van der Waals surface area (Å²) in [6.07, 6.45) is -3.27. The largest absolute Gasteiger partial charge is 0.460 e. The summed E-state index contributed by atoms with van der Waals surface area (Å²) in [7, 11) is 1.54. The summed E-state index contributed by atoms with van der Waals surface area (Å²) < 4.78 is 36.9. The maximum absolute atomic E-state index is 15.9. The van der Waals surface area contributed by atoms with Crippen molar-refractivity contribution in [3.8, 4) is 0 Å². The number of rotatable bonds is 19. The number of aliphatic hydroxyl groups is 5. The number of amides is 2. The topological polar surface area (TPSA) is 253 Å². The minimum Gasteiger partial charge on any atom is -0.460 e. The van der Waals surface area contributed by atoms with Gasteiger partial charge >= 0.3 is 11.9 Å². The first-order valence-corrected chi connectivity index (χ1v) is 24.6. The summed E-state index contributed by atoms with van der Waals surface area (Å²) in [5.74, 6) is -2.83. The Morgan fingerprint density at radius 2 is 1.63 bits per heavy atom. The van der Waals surface area contributed by atoms with E-state index >= 15 is 4.79 Å². The minimum atomic E-state index is -1.62. The summed E-state index contributed by atoms with van der Waals surface area (Å²) in [6.45, 7) is 4.11. The highest BCUT2D eigenvalue weighted by Gasteiger charge is 2.78. The van der Waals surface area contributed by atoms with E-state index in [2.05, 4.69) is 5.32 Å². The van der Waals surface area contributed by atoms with E-state index in [9.17, 15) is 39.9 Å². The molecular formula is C51H67N3O16. The molecule has 19 heteroatoms. The second-order valence-corrected chi connectivity index (χ2v) is 20.9. The van der Waals surface area contributed by atoms with Gasteiger partial charge in [-0.3, -0.25) is 24.0 Å². The summed E-state index contributed by atoms with van der Waals surface area (Å²) >= 11 is 0. The first-order valence-electron chi connectivity index (χ1n) is 24.6. The summed E-state index contributed by atoms with van der Waals surface area (Å²) in [5, 5.41) is 55.3. The molecule has 2 bridgehead atoms.